The Kier molecular flexibility index (Phi) is 10.1. The van der Waals surface area contributed by atoms with Crippen LogP contribution >= 0.6 is 0 Å². The van der Waals surface area contributed by atoms with E-state index in [0.717, 1.165) is 6.42 Å². The third-order valence-electron chi connectivity index (χ3n) is 2.12. The van der Waals surface area contributed by atoms with Crippen molar-refractivity contribution < 1.29 is 23.3 Å². The molecule has 0 N–H and O–H groups in total. The molecule has 0 aliphatic heterocycles. The van der Waals surface area contributed by atoms with Crippen LogP contribution in [0.4, 0.5) is 0 Å². The molecule has 2 heteroatoms. The summed E-state index contributed by atoms with van der Waals surface area (Å²) < 4.78 is 0. The number of allylic oxidation sites excluding steroid dienone is 8. The summed E-state index contributed by atoms with van der Waals surface area (Å²) in [5, 5.41) is 0. The maximum absolute atomic E-state index is 3.29. The minimum atomic E-state index is 0.210. The second-order valence-corrected chi connectivity index (χ2v) is 13.8. The Morgan fingerprint density at radius 2 is 1.94 bits per heavy atom. The minimum absolute atomic E-state index is 0.210. The van der Waals surface area contributed by atoms with Crippen LogP contribution < -0.4 is 0 Å². The van der Waals surface area contributed by atoms with Crippen molar-refractivity contribution in [1.29, 1.82) is 0 Å². The average Bonchev–Trinajstić information content (AvgIpc) is 2.80. The first kappa shape index (κ1) is 17.1. The largest absolute Gasteiger partial charge is 0.273 e. The number of rotatable bonds is 0. The average molecular weight is 322 g/mol. The number of hydrogen-bond acceptors (Lipinski definition) is 0. The quantitative estimate of drug-likeness (QED) is 0.457. The standard InChI is InChI=1S/C8H11.C5H5.C2H6Si.Zr/c1-6-4-7(2)8(3)5-6;1-2-4-5-3-1;1-3-2;/h4,6H,1-3H3;1-3H,4H2;1-2H3;/q2*-1;;+2. The molecule has 1 unspecified atom stereocenters. The summed E-state index contributed by atoms with van der Waals surface area (Å²) in [4.78, 5) is 0. The van der Waals surface area contributed by atoms with Gasteiger partial charge >= 0.3 is 41.9 Å². The van der Waals surface area contributed by atoms with Crippen molar-refractivity contribution in [2.24, 2.45) is 5.92 Å². The molecule has 0 bridgehead atoms. The monoisotopic (exact) mass is 320 g/mol. The Labute approximate surface area is 122 Å². The second-order valence-electron chi connectivity index (χ2n) is 4.41. The third-order valence-corrected chi connectivity index (χ3v) is 2.12. The van der Waals surface area contributed by atoms with Crippen molar-refractivity contribution in [1.82, 2.24) is 0 Å². The molecule has 0 aromatic heterocycles. The smallest absolute Gasteiger partial charge is 0.109 e. The fourth-order valence-electron chi connectivity index (χ4n) is 1.34. The molecule has 0 fully saturated rings. The summed E-state index contributed by atoms with van der Waals surface area (Å²) >= 11 is 1.74. The zero-order valence-electron chi connectivity index (χ0n) is 11.6. The van der Waals surface area contributed by atoms with Crippen LogP contribution in [0.2, 0.25) is 13.1 Å². The van der Waals surface area contributed by atoms with Crippen LogP contribution in [-0.2, 0) is 23.3 Å². The van der Waals surface area contributed by atoms with Crippen LogP contribution in [-0.4, -0.2) is 5.43 Å². The third kappa shape index (κ3) is 10.9. The molecule has 2 rings (SSSR count). The van der Waals surface area contributed by atoms with Gasteiger partial charge in [-0.05, 0) is 0 Å². The maximum Gasteiger partial charge on any atom is -0.109 e. The van der Waals surface area contributed by atoms with Crippen molar-refractivity contribution >= 4 is 5.43 Å². The molecule has 90 valence electrons. The van der Waals surface area contributed by atoms with Crippen LogP contribution in [0, 0.1) is 18.1 Å². The van der Waals surface area contributed by atoms with Gasteiger partial charge in [0.25, 0.3) is 0 Å². The predicted molar refractivity (Wildman–Crippen MR) is 74.4 cm³/mol. The van der Waals surface area contributed by atoms with Gasteiger partial charge in [0, 0.05) is 0 Å². The van der Waals surface area contributed by atoms with Gasteiger partial charge in [-0.15, -0.1) is 13.3 Å². The van der Waals surface area contributed by atoms with E-state index in [0.29, 0.717) is 5.92 Å². The first-order chi connectivity index (χ1) is 7.93. The molecule has 17 heavy (non-hydrogen) atoms. The molecule has 0 nitrogen and oxygen atoms in total. The Hall–Kier alpha value is 0.0600. The molecular weight excluding hydrogens is 299 g/mol. The van der Waals surface area contributed by atoms with Crippen molar-refractivity contribution in [3.05, 3.63) is 47.6 Å². The summed E-state index contributed by atoms with van der Waals surface area (Å²) in [7, 11) is 0. The van der Waals surface area contributed by atoms with Crippen molar-refractivity contribution in [2.45, 2.75) is 40.3 Å². The van der Waals surface area contributed by atoms with Crippen molar-refractivity contribution in [3.63, 3.8) is 0 Å². The zero-order valence-corrected chi connectivity index (χ0v) is 15.1. The van der Waals surface area contributed by atoms with Gasteiger partial charge < -0.3 is 0 Å². The van der Waals surface area contributed by atoms with Crippen LogP contribution in [0.15, 0.2) is 35.5 Å². The molecule has 1 atom stereocenters. The van der Waals surface area contributed by atoms with E-state index in [1.807, 2.05) is 12.2 Å². The molecule has 2 aliphatic rings. The van der Waals surface area contributed by atoms with Gasteiger partial charge in [-0.25, -0.2) is 23.3 Å². The molecule has 0 saturated heterocycles. The van der Waals surface area contributed by atoms with E-state index in [1.54, 1.807) is 23.3 Å². The molecular formula is C15H22SiZr. The van der Waals surface area contributed by atoms with E-state index < -0.39 is 0 Å². The van der Waals surface area contributed by atoms with Crippen molar-refractivity contribution in [2.75, 3.05) is 0 Å². The van der Waals surface area contributed by atoms with Gasteiger partial charge in [0.05, 0.1) is 0 Å². The van der Waals surface area contributed by atoms with Gasteiger partial charge in [-0.1, -0.05) is 19.8 Å². The molecule has 0 radical (unpaired) electrons. The summed E-state index contributed by atoms with van der Waals surface area (Å²) in [6, 6.07) is 0. The summed E-state index contributed by atoms with van der Waals surface area (Å²) in [5.41, 5.74) is 2.91. The Bertz CT molecular complexity index is 327. The van der Waals surface area contributed by atoms with Crippen LogP contribution in [0.25, 0.3) is 0 Å². The molecule has 0 spiro atoms. The van der Waals surface area contributed by atoms with Gasteiger partial charge in [0.1, 0.15) is 0 Å². The fraction of sp³-hybridized carbons (Fsp3) is 0.467. The van der Waals surface area contributed by atoms with E-state index >= 15 is 0 Å². The molecule has 2 aliphatic carbocycles. The van der Waals surface area contributed by atoms with Gasteiger partial charge in [-0.2, -0.15) is 12.2 Å². The van der Waals surface area contributed by atoms with Gasteiger partial charge in [0.2, 0.25) is 0 Å². The van der Waals surface area contributed by atoms with Crippen LogP contribution in [0.1, 0.15) is 27.2 Å². The summed E-state index contributed by atoms with van der Waals surface area (Å²) in [5.74, 6) is 0.551. The Morgan fingerprint density at radius 3 is 2.06 bits per heavy atom. The van der Waals surface area contributed by atoms with E-state index in [-0.39, 0.29) is 5.43 Å². The molecule has 0 heterocycles. The van der Waals surface area contributed by atoms with Crippen LogP contribution in [0.3, 0.4) is 0 Å². The van der Waals surface area contributed by atoms with E-state index in [4.69, 9.17) is 0 Å². The van der Waals surface area contributed by atoms with Gasteiger partial charge in [0.15, 0.2) is 0 Å². The fourth-order valence-corrected chi connectivity index (χ4v) is 1.34. The van der Waals surface area contributed by atoms with Crippen molar-refractivity contribution in [3.8, 4) is 0 Å². The van der Waals surface area contributed by atoms with Crippen LogP contribution in [0.5, 0.6) is 0 Å². The maximum atomic E-state index is 3.29. The first-order valence-electron chi connectivity index (χ1n) is 5.96. The zero-order chi connectivity index (χ0) is 13.3. The van der Waals surface area contributed by atoms with E-state index in [2.05, 4.69) is 58.2 Å². The normalized spacial score (nSPS) is 19.8. The number of hydrogen-bond donors (Lipinski definition) is 0. The summed E-state index contributed by atoms with van der Waals surface area (Å²) in [6.45, 7) is 11.0. The second kappa shape index (κ2) is 10.0. The molecule has 0 aromatic carbocycles. The molecule has 0 amide bonds. The molecule has 0 saturated carbocycles. The predicted octanol–water partition coefficient (Wildman–Crippen LogP) is 4.42. The van der Waals surface area contributed by atoms with Gasteiger partial charge in [-0.3, -0.25) is 12.2 Å². The first-order valence-corrected chi connectivity index (χ1v) is 12.1. The minimum Gasteiger partial charge on any atom is -0.273 e. The Balaban J connectivity index is 0.000000246. The summed E-state index contributed by atoms with van der Waals surface area (Å²) in [6.07, 6.45) is 15.5. The topological polar surface area (TPSA) is 0 Å². The Morgan fingerprint density at radius 1 is 1.35 bits per heavy atom. The van der Waals surface area contributed by atoms with E-state index in [9.17, 15) is 0 Å². The molecule has 0 aromatic rings. The van der Waals surface area contributed by atoms with E-state index in [1.165, 1.54) is 11.1 Å². The SMILES string of the molecule is CC1=[C-]C(C)C=C1C.C[Si](C)=[Zr+2].[C-]1=CC=CC1.